The van der Waals surface area contributed by atoms with Gasteiger partial charge in [-0.05, 0) is 169 Å². The van der Waals surface area contributed by atoms with Gasteiger partial charge in [0.25, 0.3) is 0 Å². The monoisotopic (exact) mass is 1010 g/mol. The molecular weight excluding hydrogens is 945 g/mol. The molecular formula is C55H70N2O16. The first-order valence-electron chi connectivity index (χ1n) is 25.1. The van der Waals surface area contributed by atoms with Crippen LogP contribution in [-0.2, 0) is 43.1 Å². The molecule has 0 aromatic heterocycles. The minimum Gasteiger partial charge on any atom is -0.494 e. The van der Waals surface area contributed by atoms with Crippen LogP contribution in [0.5, 0.6) is 34.5 Å². The Kier molecular flexibility index (Phi) is 24.4. The van der Waals surface area contributed by atoms with Crippen LogP contribution in [0.25, 0.3) is 0 Å². The molecule has 0 bridgehead atoms. The van der Waals surface area contributed by atoms with Crippen molar-refractivity contribution in [3.63, 3.8) is 0 Å². The summed E-state index contributed by atoms with van der Waals surface area (Å²) in [7, 11) is 3.35. The van der Waals surface area contributed by atoms with Crippen LogP contribution in [0.4, 0.5) is 0 Å². The summed E-state index contributed by atoms with van der Waals surface area (Å²) in [6.07, 6.45) is 11.3. The number of hydrogen-bond donors (Lipinski definition) is 2. The van der Waals surface area contributed by atoms with Crippen LogP contribution in [0.1, 0.15) is 115 Å². The van der Waals surface area contributed by atoms with Crippen molar-refractivity contribution in [1.29, 1.82) is 0 Å². The molecule has 396 valence electrons. The molecule has 2 aliphatic rings. The Morgan fingerprint density at radius 1 is 0.521 bits per heavy atom. The van der Waals surface area contributed by atoms with Crippen LogP contribution in [0.2, 0.25) is 0 Å². The first-order valence-corrected chi connectivity index (χ1v) is 25.1. The van der Waals surface area contributed by atoms with E-state index in [4.69, 9.17) is 42.8 Å². The van der Waals surface area contributed by atoms with Crippen molar-refractivity contribution in [2.24, 2.45) is 23.7 Å². The fraction of sp³-hybridized carbons (Fsp3) is 0.491. The molecule has 0 heterocycles. The van der Waals surface area contributed by atoms with Gasteiger partial charge in [-0.1, -0.05) is 13.2 Å². The van der Waals surface area contributed by atoms with E-state index in [1.54, 1.807) is 62.6 Å². The topological polar surface area (TPSA) is 221 Å². The SMILES string of the molecule is C=CC(=O)OCCCCCCOc1ccc(OC(=O)C2CCC(C(=O)Oc3ccc(OC(=O)C4CCC(C(=O)Oc5ccc(OCCCCCCOC(=O)C=C)cc5)CC4)c(C(NN(C)C)OO)c3)CC2)cc1. The molecule has 18 heteroatoms. The normalized spacial score (nSPS) is 17.8. The van der Waals surface area contributed by atoms with E-state index in [2.05, 4.69) is 18.6 Å². The van der Waals surface area contributed by atoms with Gasteiger partial charge in [0.1, 0.15) is 34.5 Å². The Balaban J connectivity index is 1.03. The third-order valence-corrected chi connectivity index (χ3v) is 12.5. The second kappa shape index (κ2) is 31.1. The number of rotatable bonds is 30. The average molecular weight is 1020 g/mol. The molecule has 2 fully saturated rings. The maximum absolute atomic E-state index is 13.6. The highest BCUT2D eigenvalue weighted by molar-refractivity contribution is 5.82. The second-order valence-electron chi connectivity index (χ2n) is 18.2. The molecule has 3 aromatic carbocycles. The lowest BCUT2D eigenvalue weighted by Crippen LogP contribution is -2.36. The Bertz CT molecular complexity index is 2250. The van der Waals surface area contributed by atoms with Gasteiger partial charge in [-0.15, -0.1) is 0 Å². The smallest absolute Gasteiger partial charge is 0.330 e. The summed E-state index contributed by atoms with van der Waals surface area (Å²) in [5, 5.41) is 11.4. The van der Waals surface area contributed by atoms with Gasteiger partial charge in [0, 0.05) is 31.8 Å². The van der Waals surface area contributed by atoms with Crippen molar-refractivity contribution in [1.82, 2.24) is 10.4 Å². The summed E-state index contributed by atoms with van der Waals surface area (Å²) < 4.78 is 44.5. The van der Waals surface area contributed by atoms with Crippen LogP contribution >= 0.6 is 0 Å². The number of hydrazine groups is 1. The molecule has 73 heavy (non-hydrogen) atoms. The molecule has 1 unspecified atom stereocenters. The number of ether oxygens (including phenoxy) is 8. The summed E-state index contributed by atoms with van der Waals surface area (Å²) in [4.78, 5) is 80.1. The third-order valence-electron chi connectivity index (χ3n) is 12.5. The molecule has 0 saturated heterocycles. The van der Waals surface area contributed by atoms with Gasteiger partial charge in [0.2, 0.25) is 0 Å². The van der Waals surface area contributed by atoms with E-state index in [0.717, 1.165) is 63.5 Å². The zero-order chi connectivity index (χ0) is 52.4. The molecule has 1 atom stereocenters. The van der Waals surface area contributed by atoms with E-state index in [-0.39, 0.29) is 29.0 Å². The van der Waals surface area contributed by atoms with Gasteiger partial charge in [-0.25, -0.2) is 30.2 Å². The average Bonchev–Trinajstić information content (AvgIpc) is 3.40. The van der Waals surface area contributed by atoms with Crippen molar-refractivity contribution in [2.75, 3.05) is 40.5 Å². The first-order chi connectivity index (χ1) is 35.3. The number of benzene rings is 3. The van der Waals surface area contributed by atoms with E-state index in [1.165, 1.54) is 23.2 Å². The van der Waals surface area contributed by atoms with Crippen molar-refractivity contribution in [3.8, 4) is 34.5 Å². The largest absolute Gasteiger partial charge is 0.494 e. The Hall–Kier alpha value is -6.60. The molecule has 0 amide bonds. The zero-order valence-corrected chi connectivity index (χ0v) is 42.0. The lowest BCUT2D eigenvalue weighted by Gasteiger charge is -2.27. The van der Waals surface area contributed by atoms with E-state index >= 15 is 0 Å². The molecule has 3 aromatic rings. The fourth-order valence-electron chi connectivity index (χ4n) is 8.36. The number of esters is 6. The summed E-state index contributed by atoms with van der Waals surface area (Å²) in [6, 6.07) is 18.1. The second-order valence-corrected chi connectivity index (χ2v) is 18.2. The highest BCUT2D eigenvalue weighted by Crippen LogP contribution is 2.36. The van der Waals surface area contributed by atoms with Gasteiger partial charge in [0.15, 0.2) is 6.23 Å². The number of unbranched alkanes of at least 4 members (excludes halogenated alkanes) is 6. The summed E-state index contributed by atoms with van der Waals surface area (Å²) >= 11 is 0. The van der Waals surface area contributed by atoms with E-state index in [1.807, 2.05) is 0 Å². The molecule has 2 saturated carbocycles. The molecule has 2 N–H and O–H groups in total. The number of nitrogens with one attached hydrogen (secondary N) is 1. The molecule has 0 spiro atoms. The number of carbonyl (C=O) groups is 6. The summed E-state index contributed by atoms with van der Waals surface area (Å²) in [5.74, 6) is -2.09. The van der Waals surface area contributed by atoms with Gasteiger partial charge in [-0.3, -0.25) is 19.2 Å². The van der Waals surface area contributed by atoms with Gasteiger partial charge in [-0.2, -0.15) is 0 Å². The van der Waals surface area contributed by atoms with Crippen molar-refractivity contribution < 1.29 is 76.8 Å². The molecule has 18 nitrogen and oxygen atoms in total. The summed E-state index contributed by atoms with van der Waals surface area (Å²) in [5.41, 5.74) is 3.09. The Morgan fingerprint density at radius 3 is 1.23 bits per heavy atom. The standard InChI is InChI=1S/C55H70N2O16/c1-5-49(58)67-35-13-9-7-11-33-65-42-23-27-44(28-24-42)69-52(60)38-15-17-40(18-16-38)54(62)71-46-31-32-48(47(37-46)51(73-64)56-57(3)4)72-55(63)41-21-19-39(20-22-41)53(61)70-45-29-25-43(26-30-45)66-34-12-8-10-14-36-68-50(59)6-2/h5-6,23-32,37-41,51,56,64H,1-2,7-22,33-36H2,3-4H3. The molecule has 5 rings (SSSR count). The predicted octanol–water partition coefficient (Wildman–Crippen LogP) is 9.21. The van der Waals surface area contributed by atoms with Crippen molar-refractivity contribution in [2.45, 2.75) is 109 Å². The number of carbonyl (C=O) groups excluding carboxylic acids is 6. The first kappa shape index (κ1) is 57.3. The summed E-state index contributed by atoms with van der Waals surface area (Å²) in [6.45, 7) is 8.53. The van der Waals surface area contributed by atoms with Gasteiger partial charge < -0.3 is 37.9 Å². The molecule has 0 aliphatic heterocycles. The van der Waals surface area contributed by atoms with Crippen LogP contribution in [0.3, 0.4) is 0 Å². The number of hydrogen-bond acceptors (Lipinski definition) is 18. The maximum atomic E-state index is 13.6. The third kappa shape index (κ3) is 20.1. The number of nitrogens with zero attached hydrogens (tertiary/aromatic N) is 1. The molecule has 2 aliphatic carbocycles. The predicted molar refractivity (Wildman–Crippen MR) is 266 cm³/mol. The Labute approximate surface area is 427 Å². The fourth-order valence-corrected chi connectivity index (χ4v) is 8.36. The van der Waals surface area contributed by atoms with E-state index in [0.29, 0.717) is 101 Å². The van der Waals surface area contributed by atoms with Crippen LogP contribution in [0, 0.1) is 23.7 Å². The Morgan fingerprint density at radius 2 is 0.863 bits per heavy atom. The van der Waals surface area contributed by atoms with Crippen molar-refractivity contribution >= 4 is 35.8 Å². The van der Waals surface area contributed by atoms with Crippen LogP contribution < -0.4 is 33.8 Å². The minimum atomic E-state index is -1.21. The van der Waals surface area contributed by atoms with Gasteiger partial charge >= 0.3 is 35.8 Å². The lowest BCUT2D eigenvalue weighted by atomic mass is 9.82. The highest BCUT2D eigenvalue weighted by atomic mass is 17.1. The van der Waals surface area contributed by atoms with E-state index < -0.39 is 53.8 Å². The minimum absolute atomic E-state index is 0.0751. The highest BCUT2D eigenvalue weighted by Gasteiger charge is 2.35. The lowest BCUT2D eigenvalue weighted by molar-refractivity contribution is -0.298. The van der Waals surface area contributed by atoms with E-state index in [9.17, 15) is 34.0 Å². The molecule has 0 radical (unpaired) electrons. The maximum Gasteiger partial charge on any atom is 0.330 e. The van der Waals surface area contributed by atoms with Crippen molar-refractivity contribution in [3.05, 3.63) is 97.6 Å². The van der Waals surface area contributed by atoms with Gasteiger partial charge in [0.05, 0.1) is 50.1 Å². The van der Waals surface area contributed by atoms with Crippen LogP contribution in [-0.4, -0.2) is 86.6 Å². The zero-order valence-electron chi connectivity index (χ0n) is 42.0. The van der Waals surface area contributed by atoms with Crippen LogP contribution in [0.15, 0.2) is 92.0 Å². The quantitative estimate of drug-likeness (QED) is 0.0121.